The van der Waals surface area contributed by atoms with Crippen molar-refractivity contribution in [1.82, 2.24) is 10.2 Å². The van der Waals surface area contributed by atoms with E-state index in [9.17, 15) is 0 Å². The highest BCUT2D eigenvalue weighted by Gasteiger charge is 2.39. The summed E-state index contributed by atoms with van der Waals surface area (Å²) in [7, 11) is 0. The minimum absolute atomic E-state index is 0. The van der Waals surface area contributed by atoms with Crippen LogP contribution < -0.4 is 5.32 Å². The molecule has 3 heteroatoms. The minimum Gasteiger partial charge on any atom is -0.316 e. The molecule has 0 bridgehead atoms. The molecule has 1 aliphatic carbocycles. The smallest absolute Gasteiger partial charge is 0.0124 e. The van der Waals surface area contributed by atoms with Gasteiger partial charge < -0.3 is 5.32 Å². The fourth-order valence-electron chi connectivity index (χ4n) is 3.90. The van der Waals surface area contributed by atoms with Gasteiger partial charge in [0.2, 0.25) is 0 Å². The van der Waals surface area contributed by atoms with Crippen molar-refractivity contribution < 1.29 is 0 Å². The first-order chi connectivity index (χ1) is 7.77. The number of nitrogens with zero attached hydrogens (tertiary/aromatic N) is 1. The predicted molar refractivity (Wildman–Crippen MR) is 74.8 cm³/mol. The topological polar surface area (TPSA) is 15.3 Å². The summed E-state index contributed by atoms with van der Waals surface area (Å²) in [6.45, 7) is 7.67. The molecule has 2 unspecified atom stereocenters. The van der Waals surface area contributed by atoms with Crippen LogP contribution in [0, 0.1) is 11.3 Å². The van der Waals surface area contributed by atoms with Crippen molar-refractivity contribution in [3.05, 3.63) is 0 Å². The molecule has 1 saturated carbocycles. The molecular weight excluding hydrogens is 232 g/mol. The first kappa shape index (κ1) is 13.6. The van der Waals surface area contributed by atoms with Gasteiger partial charge in [0.15, 0.2) is 0 Å². The van der Waals surface area contributed by atoms with Crippen LogP contribution in [0.1, 0.15) is 45.4 Å². The van der Waals surface area contributed by atoms with E-state index >= 15 is 0 Å². The summed E-state index contributed by atoms with van der Waals surface area (Å²) >= 11 is 0. The highest BCUT2D eigenvalue weighted by atomic mass is 35.5. The van der Waals surface area contributed by atoms with Crippen molar-refractivity contribution in [2.45, 2.75) is 51.5 Å². The van der Waals surface area contributed by atoms with Crippen LogP contribution in [0.5, 0.6) is 0 Å². The van der Waals surface area contributed by atoms with Crippen molar-refractivity contribution in [2.75, 3.05) is 26.2 Å². The molecule has 0 aromatic rings. The quantitative estimate of drug-likeness (QED) is 0.837. The lowest BCUT2D eigenvalue weighted by molar-refractivity contribution is 0.0947. The van der Waals surface area contributed by atoms with Gasteiger partial charge >= 0.3 is 0 Å². The number of rotatable bonds is 3. The average molecular weight is 259 g/mol. The van der Waals surface area contributed by atoms with Crippen molar-refractivity contribution in [2.24, 2.45) is 11.3 Å². The van der Waals surface area contributed by atoms with Crippen LogP contribution in [-0.2, 0) is 0 Å². The molecule has 2 heterocycles. The van der Waals surface area contributed by atoms with Crippen molar-refractivity contribution in [3.8, 4) is 0 Å². The highest BCUT2D eigenvalue weighted by molar-refractivity contribution is 5.85. The zero-order valence-electron chi connectivity index (χ0n) is 11.1. The van der Waals surface area contributed by atoms with Crippen molar-refractivity contribution >= 4 is 12.4 Å². The summed E-state index contributed by atoms with van der Waals surface area (Å²) < 4.78 is 0. The summed E-state index contributed by atoms with van der Waals surface area (Å²) in [6, 6.07) is 0.950. The van der Waals surface area contributed by atoms with E-state index < -0.39 is 0 Å². The van der Waals surface area contributed by atoms with Gasteiger partial charge in [-0.3, -0.25) is 4.90 Å². The largest absolute Gasteiger partial charge is 0.316 e. The van der Waals surface area contributed by atoms with Crippen LogP contribution in [-0.4, -0.2) is 37.1 Å². The van der Waals surface area contributed by atoms with Crippen molar-refractivity contribution in [1.29, 1.82) is 0 Å². The van der Waals surface area contributed by atoms with E-state index in [-0.39, 0.29) is 12.4 Å². The second-order valence-corrected chi connectivity index (χ2v) is 6.61. The third kappa shape index (κ3) is 2.80. The van der Waals surface area contributed by atoms with E-state index in [4.69, 9.17) is 0 Å². The maximum atomic E-state index is 3.53. The Morgan fingerprint density at radius 2 is 2.06 bits per heavy atom. The van der Waals surface area contributed by atoms with E-state index in [2.05, 4.69) is 17.1 Å². The molecule has 2 aliphatic heterocycles. The van der Waals surface area contributed by atoms with Crippen LogP contribution in [0.4, 0.5) is 0 Å². The van der Waals surface area contributed by atoms with E-state index in [0.29, 0.717) is 5.41 Å². The molecule has 17 heavy (non-hydrogen) atoms. The molecule has 3 fully saturated rings. The maximum Gasteiger partial charge on any atom is 0.0124 e. The first-order valence-corrected chi connectivity index (χ1v) is 7.22. The number of nitrogens with one attached hydrogen (secondary N) is 1. The Balaban J connectivity index is 0.00000108. The summed E-state index contributed by atoms with van der Waals surface area (Å²) in [5, 5.41) is 3.53. The Bertz CT molecular complexity index is 247. The number of hydrogen-bond acceptors (Lipinski definition) is 2. The van der Waals surface area contributed by atoms with Crippen LogP contribution in [0.25, 0.3) is 0 Å². The first-order valence-electron chi connectivity index (χ1n) is 7.22. The molecule has 3 aliphatic rings. The van der Waals surface area contributed by atoms with Gasteiger partial charge in [-0.25, -0.2) is 0 Å². The molecule has 2 nitrogen and oxygen atoms in total. The monoisotopic (exact) mass is 258 g/mol. The molecule has 0 aromatic heterocycles. The Morgan fingerprint density at radius 3 is 2.65 bits per heavy atom. The van der Waals surface area contributed by atoms with E-state index in [1.165, 1.54) is 64.7 Å². The third-order valence-electron chi connectivity index (χ3n) is 5.15. The number of halogens is 1. The zero-order chi connectivity index (χ0) is 11.0. The Hall–Kier alpha value is 0.210. The number of hydrogen-bond donors (Lipinski definition) is 1. The maximum absolute atomic E-state index is 3.53. The van der Waals surface area contributed by atoms with Gasteiger partial charge in [0.05, 0.1) is 0 Å². The molecule has 0 amide bonds. The fourth-order valence-corrected chi connectivity index (χ4v) is 3.90. The molecule has 100 valence electrons. The second-order valence-electron chi connectivity index (χ2n) is 6.61. The molecular formula is C14H27ClN2. The Labute approximate surface area is 112 Å². The van der Waals surface area contributed by atoms with Crippen LogP contribution >= 0.6 is 12.4 Å². The third-order valence-corrected chi connectivity index (χ3v) is 5.15. The average Bonchev–Trinajstić information content (AvgIpc) is 2.75. The summed E-state index contributed by atoms with van der Waals surface area (Å²) in [5.74, 6) is 1.06. The van der Waals surface area contributed by atoms with Gasteiger partial charge in [-0.15, -0.1) is 12.4 Å². The summed E-state index contributed by atoms with van der Waals surface area (Å²) in [4.78, 5) is 2.83. The van der Waals surface area contributed by atoms with Gasteiger partial charge in [0.25, 0.3) is 0 Å². The van der Waals surface area contributed by atoms with Gasteiger partial charge in [0.1, 0.15) is 0 Å². The lowest BCUT2D eigenvalue weighted by atomic mass is 9.78. The predicted octanol–water partition coefficient (Wildman–Crippen LogP) is 2.67. The SMILES string of the molecule is CC1(CN2CCCC2C2CCC2)CCNC1.Cl. The Kier molecular flexibility index (Phi) is 4.38. The van der Waals surface area contributed by atoms with E-state index in [1.54, 1.807) is 0 Å². The molecule has 2 atom stereocenters. The zero-order valence-corrected chi connectivity index (χ0v) is 11.9. The molecule has 0 aromatic carbocycles. The van der Waals surface area contributed by atoms with Crippen LogP contribution in [0.15, 0.2) is 0 Å². The molecule has 3 rings (SSSR count). The lowest BCUT2D eigenvalue weighted by Gasteiger charge is -2.40. The Morgan fingerprint density at radius 1 is 1.24 bits per heavy atom. The van der Waals surface area contributed by atoms with Gasteiger partial charge in [-0.2, -0.15) is 0 Å². The highest BCUT2D eigenvalue weighted by Crippen LogP contribution is 2.39. The minimum atomic E-state index is 0. The van der Waals surface area contributed by atoms with E-state index in [0.717, 1.165) is 12.0 Å². The molecule has 1 N–H and O–H groups in total. The number of likely N-dealkylation sites (tertiary alicyclic amines) is 1. The molecule has 2 saturated heterocycles. The van der Waals surface area contributed by atoms with E-state index in [1.807, 2.05) is 0 Å². The molecule has 0 spiro atoms. The van der Waals surface area contributed by atoms with Crippen LogP contribution in [0.2, 0.25) is 0 Å². The van der Waals surface area contributed by atoms with Crippen LogP contribution in [0.3, 0.4) is 0 Å². The second kappa shape index (κ2) is 5.46. The summed E-state index contributed by atoms with van der Waals surface area (Å²) in [5.41, 5.74) is 0.562. The van der Waals surface area contributed by atoms with Gasteiger partial charge in [-0.1, -0.05) is 13.3 Å². The van der Waals surface area contributed by atoms with Gasteiger partial charge in [-0.05, 0) is 56.5 Å². The lowest BCUT2D eigenvalue weighted by Crippen LogP contribution is -2.44. The summed E-state index contributed by atoms with van der Waals surface area (Å²) in [6.07, 6.45) is 8.82. The van der Waals surface area contributed by atoms with Crippen molar-refractivity contribution in [3.63, 3.8) is 0 Å². The fraction of sp³-hybridized carbons (Fsp3) is 1.00. The standard InChI is InChI=1S/C14H26N2.ClH/c1-14(7-8-15-10-14)11-16-9-3-6-13(16)12-4-2-5-12;/h12-13,15H,2-11H2,1H3;1H. The molecule has 0 radical (unpaired) electrons. The van der Waals surface area contributed by atoms with Gasteiger partial charge in [0, 0.05) is 19.1 Å². The normalized spacial score (nSPS) is 39.0.